The number of carbonyl (C=O) groups excluding carboxylic acids is 1. The molecule has 0 aliphatic heterocycles. The van der Waals surface area contributed by atoms with Crippen molar-refractivity contribution >= 4 is 38.5 Å². The minimum Gasteiger partial charge on any atom is -0.480 e. The standard InChI is InChI=1S/C26H25N5O3S/c1-16-22-25(34-3)29-21(14-33-2)30-26(22)35-23(16)24(32)27-12-17-8-10-18(11-9-17)13-31-15-28-19-6-4-5-7-20(19)31/h4-11,15H,12-14H2,1-3H3,(H,27,32). The number of nitrogens with zero attached hydrogens (tertiary/aromatic N) is 4. The topological polar surface area (TPSA) is 91.2 Å². The van der Waals surface area contributed by atoms with Crippen molar-refractivity contribution in [3.63, 3.8) is 0 Å². The molecule has 3 heterocycles. The number of rotatable bonds is 8. The van der Waals surface area contributed by atoms with Crippen LogP contribution in [0.2, 0.25) is 0 Å². The van der Waals surface area contributed by atoms with E-state index in [1.54, 1.807) is 14.2 Å². The maximum atomic E-state index is 13.0. The van der Waals surface area contributed by atoms with E-state index in [1.165, 1.54) is 16.9 Å². The first kappa shape index (κ1) is 22.9. The lowest BCUT2D eigenvalue weighted by molar-refractivity contribution is 0.0954. The van der Waals surface area contributed by atoms with Gasteiger partial charge in [-0.25, -0.2) is 9.97 Å². The fourth-order valence-corrected chi connectivity index (χ4v) is 5.17. The van der Waals surface area contributed by atoms with Crippen LogP contribution < -0.4 is 10.1 Å². The molecule has 2 aromatic carbocycles. The normalized spacial score (nSPS) is 11.3. The summed E-state index contributed by atoms with van der Waals surface area (Å²) in [6.07, 6.45) is 1.86. The van der Waals surface area contributed by atoms with Crippen LogP contribution in [0.3, 0.4) is 0 Å². The molecule has 8 nitrogen and oxygen atoms in total. The first-order valence-electron chi connectivity index (χ1n) is 11.2. The van der Waals surface area contributed by atoms with E-state index in [1.807, 2.05) is 43.6 Å². The third-order valence-electron chi connectivity index (χ3n) is 5.83. The Balaban J connectivity index is 1.28. The van der Waals surface area contributed by atoms with Crippen LogP contribution in [-0.4, -0.2) is 39.6 Å². The van der Waals surface area contributed by atoms with Crippen LogP contribution in [0.15, 0.2) is 54.9 Å². The van der Waals surface area contributed by atoms with E-state index in [0.29, 0.717) is 28.0 Å². The molecule has 0 radical (unpaired) electrons. The second kappa shape index (κ2) is 9.81. The van der Waals surface area contributed by atoms with Gasteiger partial charge in [0, 0.05) is 20.2 Å². The van der Waals surface area contributed by atoms with Crippen LogP contribution in [0.4, 0.5) is 0 Å². The fraction of sp³-hybridized carbons (Fsp3) is 0.231. The Morgan fingerprint density at radius 1 is 1.06 bits per heavy atom. The molecular formula is C26H25N5O3S. The van der Waals surface area contributed by atoms with Gasteiger partial charge in [0.1, 0.15) is 11.4 Å². The van der Waals surface area contributed by atoms with Crippen LogP contribution >= 0.6 is 11.3 Å². The molecule has 0 unspecified atom stereocenters. The molecular weight excluding hydrogens is 462 g/mol. The summed E-state index contributed by atoms with van der Waals surface area (Å²) in [7, 11) is 3.15. The number of ether oxygens (including phenoxy) is 2. The van der Waals surface area contributed by atoms with Crippen LogP contribution in [-0.2, 0) is 24.4 Å². The molecule has 0 aliphatic rings. The number of aromatic nitrogens is 4. The molecule has 1 N–H and O–H groups in total. The Kier molecular flexibility index (Phi) is 6.43. The molecule has 0 atom stereocenters. The lowest BCUT2D eigenvalue weighted by atomic mass is 10.1. The van der Waals surface area contributed by atoms with Gasteiger partial charge < -0.3 is 19.4 Å². The van der Waals surface area contributed by atoms with Crippen LogP contribution in [0.25, 0.3) is 21.3 Å². The smallest absolute Gasteiger partial charge is 0.261 e. The molecule has 0 aliphatic carbocycles. The zero-order chi connectivity index (χ0) is 24.4. The highest BCUT2D eigenvalue weighted by molar-refractivity contribution is 7.20. The second-order valence-electron chi connectivity index (χ2n) is 8.18. The zero-order valence-corrected chi connectivity index (χ0v) is 20.6. The lowest BCUT2D eigenvalue weighted by Crippen LogP contribution is -2.22. The minimum absolute atomic E-state index is 0.144. The molecule has 0 fully saturated rings. The van der Waals surface area contributed by atoms with E-state index in [9.17, 15) is 4.79 Å². The molecule has 0 bridgehead atoms. The molecule has 5 rings (SSSR count). The highest BCUT2D eigenvalue weighted by atomic mass is 32.1. The summed E-state index contributed by atoms with van der Waals surface area (Å²) in [5.41, 5.74) is 5.10. The van der Waals surface area contributed by atoms with E-state index in [0.717, 1.165) is 34.1 Å². The summed E-state index contributed by atoms with van der Waals surface area (Å²) in [6.45, 7) is 3.34. The monoisotopic (exact) mass is 487 g/mol. The van der Waals surface area contributed by atoms with Gasteiger partial charge in [-0.1, -0.05) is 36.4 Å². The summed E-state index contributed by atoms with van der Waals surface area (Å²) in [5.74, 6) is 0.833. The van der Waals surface area contributed by atoms with Crippen molar-refractivity contribution in [1.29, 1.82) is 0 Å². The predicted octanol–water partition coefficient (Wildman–Crippen LogP) is 4.48. The van der Waals surface area contributed by atoms with Gasteiger partial charge in [-0.15, -0.1) is 11.3 Å². The number of fused-ring (bicyclic) bond motifs is 2. The molecule has 5 aromatic rings. The van der Waals surface area contributed by atoms with E-state index < -0.39 is 0 Å². The van der Waals surface area contributed by atoms with E-state index >= 15 is 0 Å². The van der Waals surface area contributed by atoms with E-state index in [4.69, 9.17) is 9.47 Å². The highest BCUT2D eigenvalue weighted by Gasteiger charge is 2.21. The van der Waals surface area contributed by atoms with E-state index in [2.05, 4.69) is 43.0 Å². The first-order valence-corrected chi connectivity index (χ1v) is 12.0. The Hall–Kier alpha value is -3.82. The molecule has 35 heavy (non-hydrogen) atoms. The number of hydrogen-bond acceptors (Lipinski definition) is 7. The maximum absolute atomic E-state index is 13.0. The molecule has 9 heteroatoms. The molecule has 0 saturated carbocycles. The van der Waals surface area contributed by atoms with Crippen molar-refractivity contribution in [2.45, 2.75) is 26.6 Å². The van der Waals surface area contributed by atoms with Gasteiger partial charge in [0.05, 0.1) is 34.7 Å². The van der Waals surface area contributed by atoms with Gasteiger partial charge >= 0.3 is 0 Å². The Morgan fingerprint density at radius 3 is 2.60 bits per heavy atom. The van der Waals surface area contributed by atoms with Gasteiger partial charge in [-0.2, -0.15) is 4.98 Å². The van der Waals surface area contributed by atoms with Crippen molar-refractivity contribution in [1.82, 2.24) is 24.8 Å². The number of para-hydroxylation sites is 2. The molecule has 1 amide bonds. The van der Waals surface area contributed by atoms with Gasteiger partial charge in [0.25, 0.3) is 5.91 Å². The number of amides is 1. The third-order valence-corrected chi connectivity index (χ3v) is 7.02. The number of nitrogens with one attached hydrogen (secondary N) is 1. The van der Waals surface area contributed by atoms with Crippen molar-refractivity contribution in [2.24, 2.45) is 0 Å². The lowest BCUT2D eigenvalue weighted by Gasteiger charge is -2.08. The number of imidazole rings is 1. The number of methoxy groups -OCH3 is 2. The predicted molar refractivity (Wildman–Crippen MR) is 136 cm³/mol. The highest BCUT2D eigenvalue weighted by Crippen LogP contribution is 2.35. The maximum Gasteiger partial charge on any atom is 0.261 e. The molecule has 0 saturated heterocycles. The number of benzene rings is 2. The quantitative estimate of drug-likeness (QED) is 0.347. The summed E-state index contributed by atoms with van der Waals surface area (Å²) >= 11 is 1.33. The van der Waals surface area contributed by atoms with Crippen molar-refractivity contribution in [3.05, 3.63) is 82.3 Å². The Morgan fingerprint density at radius 2 is 1.83 bits per heavy atom. The fourth-order valence-electron chi connectivity index (χ4n) is 4.06. The Labute approximate surface area is 206 Å². The van der Waals surface area contributed by atoms with Crippen molar-refractivity contribution in [2.75, 3.05) is 14.2 Å². The molecule has 0 spiro atoms. The SMILES string of the molecule is COCc1nc(OC)c2c(C)c(C(=O)NCc3ccc(Cn4cnc5ccccc54)cc3)sc2n1. The van der Waals surface area contributed by atoms with Crippen molar-refractivity contribution in [3.8, 4) is 5.88 Å². The minimum atomic E-state index is -0.144. The van der Waals surface area contributed by atoms with Gasteiger partial charge in [0.2, 0.25) is 5.88 Å². The molecule has 3 aromatic heterocycles. The summed E-state index contributed by atoms with van der Waals surface area (Å²) in [4.78, 5) is 27.7. The Bertz CT molecular complexity index is 1510. The summed E-state index contributed by atoms with van der Waals surface area (Å²) in [5, 5.41) is 3.79. The number of aryl methyl sites for hydroxylation is 1. The van der Waals surface area contributed by atoms with E-state index in [-0.39, 0.29) is 12.5 Å². The summed E-state index contributed by atoms with van der Waals surface area (Å²) in [6, 6.07) is 16.3. The van der Waals surface area contributed by atoms with Crippen LogP contribution in [0, 0.1) is 6.92 Å². The van der Waals surface area contributed by atoms with Crippen LogP contribution in [0.5, 0.6) is 5.88 Å². The number of hydrogen-bond donors (Lipinski definition) is 1. The largest absolute Gasteiger partial charge is 0.480 e. The average molecular weight is 488 g/mol. The van der Waals surface area contributed by atoms with Gasteiger partial charge in [0.15, 0.2) is 5.82 Å². The van der Waals surface area contributed by atoms with Gasteiger partial charge in [-0.05, 0) is 35.7 Å². The number of thiophene rings is 1. The molecule has 178 valence electrons. The van der Waals surface area contributed by atoms with Crippen molar-refractivity contribution < 1.29 is 14.3 Å². The third kappa shape index (κ3) is 4.60. The average Bonchev–Trinajstić information content (AvgIpc) is 3.44. The zero-order valence-electron chi connectivity index (χ0n) is 19.7. The van der Waals surface area contributed by atoms with Crippen LogP contribution in [0.1, 0.15) is 32.2 Å². The summed E-state index contributed by atoms with van der Waals surface area (Å²) < 4.78 is 12.7. The van der Waals surface area contributed by atoms with Gasteiger partial charge in [-0.3, -0.25) is 4.79 Å². The first-order chi connectivity index (χ1) is 17.1. The second-order valence-corrected chi connectivity index (χ2v) is 9.18. The number of carbonyl (C=O) groups is 1.